The second-order valence-electron chi connectivity index (χ2n) is 16.1. The molecule has 1 aromatic carbocycles. The number of aliphatic carboxylic acids is 1. The maximum Gasteiger partial charge on any atom is 0.329 e. The van der Waals surface area contributed by atoms with E-state index in [9.17, 15) is 23.5 Å². The van der Waals surface area contributed by atoms with Crippen molar-refractivity contribution in [3.8, 4) is 17.1 Å². The maximum absolute atomic E-state index is 15.3. The zero-order chi connectivity index (χ0) is 37.2. The second kappa shape index (κ2) is 13.6. The van der Waals surface area contributed by atoms with Gasteiger partial charge in [0.1, 0.15) is 17.0 Å². The quantitative estimate of drug-likeness (QED) is 0.192. The molecule has 2 N–H and O–H groups in total. The topological polar surface area (TPSA) is 110 Å². The summed E-state index contributed by atoms with van der Waals surface area (Å²) in [5.41, 5.74) is -1.37. The van der Waals surface area contributed by atoms with Crippen molar-refractivity contribution in [1.29, 1.82) is 0 Å². The molecule has 13 heteroatoms. The molecule has 4 aliphatic rings. The number of ether oxygens (including phenoxy) is 1. The Morgan fingerprint density at radius 2 is 1.81 bits per heavy atom. The van der Waals surface area contributed by atoms with E-state index in [1.807, 2.05) is 29.3 Å². The number of likely N-dealkylation sites (tertiary alicyclic amines) is 1. The van der Waals surface area contributed by atoms with Gasteiger partial charge in [-0.3, -0.25) is 9.69 Å². The fourth-order valence-electron chi connectivity index (χ4n) is 9.68. The Balaban J connectivity index is 1.17. The van der Waals surface area contributed by atoms with Crippen molar-refractivity contribution in [2.24, 2.45) is 17.8 Å². The average molecular weight is 728 g/mol. The summed E-state index contributed by atoms with van der Waals surface area (Å²) in [4.78, 5) is 37.0. The van der Waals surface area contributed by atoms with Gasteiger partial charge in [-0.25, -0.2) is 23.5 Å². The first kappa shape index (κ1) is 36.6. The predicted octanol–water partition coefficient (Wildman–Crippen LogP) is 8.22. The van der Waals surface area contributed by atoms with Gasteiger partial charge in [0.15, 0.2) is 5.82 Å². The summed E-state index contributed by atoms with van der Waals surface area (Å²) in [6, 6.07) is 5.90. The number of alkyl halides is 4. The number of nitrogens with zero attached hydrogens (tertiary/aromatic N) is 4. The molecule has 3 heterocycles. The van der Waals surface area contributed by atoms with Crippen LogP contribution in [0.3, 0.4) is 0 Å². The summed E-state index contributed by atoms with van der Waals surface area (Å²) < 4.78 is 66.0. The minimum Gasteiger partial charge on any atom is -0.490 e. The predicted molar refractivity (Wildman–Crippen MR) is 188 cm³/mol. The van der Waals surface area contributed by atoms with Crippen molar-refractivity contribution < 1.29 is 37.0 Å². The first-order valence-electron chi connectivity index (χ1n) is 18.9. The number of benzene rings is 1. The van der Waals surface area contributed by atoms with E-state index in [0.717, 1.165) is 62.0 Å². The van der Waals surface area contributed by atoms with E-state index in [1.54, 1.807) is 0 Å². The highest BCUT2D eigenvalue weighted by atomic mass is 19.3. The molecule has 0 radical (unpaired) electrons. The number of carboxylic acids is 1. The van der Waals surface area contributed by atoms with Gasteiger partial charge in [0.25, 0.3) is 17.8 Å². The number of hydrogen-bond acceptors (Lipinski definition) is 6. The van der Waals surface area contributed by atoms with Crippen LogP contribution in [-0.4, -0.2) is 73.1 Å². The Morgan fingerprint density at radius 3 is 2.44 bits per heavy atom. The van der Waals surface area contributed by atoms with Crippen molar-refractivity contribution >= 4 is 22.8 Å². The molecule has 1 saturated heterocycles. The molecule has 3 aliphatic carbocycles. The number of halogens is 4. The van der Waals surface area contributed by atoms with Crippen molar-refractivity contribution in [1.82, 2.24) is 24.8 Å². The van der Waals surface area contributed by atoms with E-state index in [4.69, 9.17) is 4.74 Å². The second-order valence-corrected chi connectivity index (χ2v) is 16.1. The molecule has 282 valence electrons. The van der Waals surface area contributed by atoms with E-state index in [0.29, 0.717) is 37.0 Å². The number of carbonyl (C=O) groups is 2. The number of fused-ring (bicyclic) bond motifs is 3. The molecular formula is C39H49F4N5O4. The van der Waals surface area contributed by atoms with Crippen molar-refractivity contribution in [2.45, 2.75) is 127 Å². The van der Waals surface area contributed by atoms with Gasteiger partial charge < -0.3 is 19.7 Å². The Kier molecular flexibility index (Phi) is 9.57. The van der Waals surface area contributed by atoms with Crippen LogP contribution in [0.5, 0.6) is 5.75 Å². The van der Waals surface area contributed by atoms with Crippen LogP contribution in [0.2, 0.25) is 0 Å². The van der Waals surface area contributed by atoms with Gasteiger partial charge in [-0.2, -0.15) is 8.78 Å². The monoisotopic (exact) mass is 727 g/mol. The highest BCUT2D eigenvalue weighted by molar-refractivity contribution is 6.00. The molecule has 4 atom stereocenters. The highest BCUT2D eigenvalue weighted by Crippen LogP contribution is 2.51. The molecule has 1 aliphatic heterocycles. The zero-order valence-corrected chi connectivity index (χ0v) is 30.3. The number of nitrogens with one attached hydrogen (secondary N) is 1. The number of amides is 1. The lowest BCUT2D eigenvalue weighted by Gasteiger charge is -2.46. The summed E-state index contributed by atoms with van der Waals surface area (Å²) in [5.74, 6) is -7.28. The number of carbonyl (C=O) groups excluding carboxylic acids is 1. The summed E-state index contributed by atoms with van der Waals surface area (Å²) in [5, 5.41) is 13.8. The Bertz CT molecular complexity index is 1820. The molecule has 4 fully saturated rings. The lowest BCUT2D eigenvalue weighted by molar-refractivity contribution is -0.151. The van der Waals surface area contributed by atoms with Crippen LogP contribution in [-0.2, 0) is 10.7 Å². The Hall–Kier alpha value is -3.74. The number of carboxylic acid groups (broad SMARTS) is 1. The Labute approximate surface area is 301 Å². The average Bonchev–Trinajstić information content (AvgIpc) is 3.58. The Morgan fingerprint density at radius 1 is 1.10 bits per heavy atom. The fourth-order valence-corrected chi connectivity index (χ4v) is 9.68. The van der Waals surface area contributed by atoms with Gasteiger partial charge in [0.05, 0.1) is 30.3 Å². The normalized spacial score (nSPS) is 28.9. The first-order chi connectivity index (χ1) is 24.6. The molecule has 3 saturated carbocycles. The molecule has 7 rings (SSSR count). The van der Waals surface area contributed by atoms with Crippen molar-refractivity contribution in [2.75, 3.05) is 13.1 Å². The lowest BCUT2D eigenvalue weighted by Crippen LogP contribution is -2.60. The fraction of sp³-hybridized carbons (Fsp3) is 0.641. The third kappa shape index (κ3) is 6.78. The zero-order valence-electron chi connectivity index (χ0n) is 30.3. The number of aromatic nitrogens is 3. The third-order valence-corrected chi connectivity index (χ3v) is 12.2. The van der Waals surface area contributed by atoms with Crippen LogP contribution in [0.25, 0.3) is 22.3 Å². The third-order valence-electron chi connectivity index (χ3n) is 12.2. The van der Waals surface area contributed by atoms with Crippen LogP contribution in [0.1, 0.15) is 114 Å². The van der Waals surface area contributed by atoms with Gasteiger partial charge in [-0.15, -0.1) is 0 Å². The maximum atomic E-state index is 15.3. The van der Waals surface area contributed by atoms with E-state index in [1.165, 1.54) is 0 Å². The van der Waals surface area contributed by atoms with Crippen molar-refractivity contribution in [3.63, 3.8) is 0 Å². The molecule has 1 amide bonds. The smallest absolute Gasteiger partial charge is 0.329 e. The van der Waals surface area contributed by atoms with Crippen LogP contribution >= 0.6 is 0 Å². The lowest BCUT2D eigenvalue weighted by atomic mass is 9.78. The van der Waals surface area contributed by atoms with Crippen LogP contribution in [0.15, 0.2) is 30.6 Å². The summed E-state index contributed by atoms with van der Waals surface area (Å²) >= 11 is 0. The molecule has 2 aromatic heterocycles. The summed E-state index contributed by atoms with van der Waals surface area (Å²) in [7, 11) is 0. The molecule has 52 heavy (non-hydrogen) atoms. The number of rotatable bonds is 11. The minimum absolute atomic E-state index is 0.0323. The van der Waals surface area contributed by atoms with Crippen molar-refractivity contribution in [3.05, 3.63) is 41.9 Å². The van der Waals surface area contributed by atoms with Gasteiger partial charge in [0.2, 0.25) is 0 Å². The van der Waals surface area contributed by atoms with Crippen LogP contribution < -0.4 is 10.1 Å². The van der Waals surface area contributed by atoms with E-state index >= 15 is 8.78 Å². The molecule has 4 unspecified atom stereocenters. The van der Waals surface area contributed by atoms with E-state index in [2.05, 4.69) is 40.6 Å². The van der Waals surface area contributed by atoms with Gasteiger partial charge in [0, 0.05) is 48.4 Å². The SMILES string of the molecule is CCC(CC)n1cc(-c2ncc(C(=O)NC3(C(=O)O)CC4CC(C)CC3C4)c(C(C)(F)F)n2)c2ccc(OC3CCC(N4CC(F)(F)C4)CC3)cc21. The molecule has 3 aromatic rings. The van der Waals surface area contributed by atoms with Gasteiger partial charge in [-0.05, 0) is 94.1 Å². The highest BCUT2D eigenvalue weighted by Gasteiger charge is 2.56. The van der Waals surface area contributed by atoms with Crippen LogP contribution in [0.4, 0.5) is 17.6 Å². The van der Waals surface area contributed by atoms with Crippen LogP contribution in [0, 0.1) is 17.8 Å². The summed E-state index contributed by atoms with van der Waals surface area (Å²) in [6.07, 6.45) is 10.1. The van der Waals surface area contributed by atoms with E-state index in [-0.39, 0.29) is 55.4 Å². The molecule has 2 bridgehead atoms. The molecule has 0 spiro atoms. The summed E-state index contributed by atoms with van der Waals surface area (Å²) in [6.45, 7) is 6.57. The molecule has 9 nitrogen and oxygen atoms in total. The number of hydrogen-bond donors (Lipinski definition) is 2. The van der Waals surface area contributed by atoms with Gasteiger partial charge in [-0.1, -0.05) is 20.8 Å². The van der Waals surface area contributed by atoms with E-state index < -0.39 is 40.5 Å². The standard InChI is InChI=1S/C39H49F4N5O4/c1-5-25(6-2)48-19-31(29-12-11-28(16-32(29)48)52-27-9-7-26(8-10-27)47-20-38(42,43)21-47)34-44-18-30(33(45-34)37(4,40)41)35(49)46-39(36(50)51)17-23-13-22(3)14-24(39)15-23/h11-12,16,18-19,22-27H,5-10,13-15,17,20-21H2,1-4H3,(H,46,49)(H,50,51). The largest absolute Gasteiger partial charge is 0.490 e. The van der Waals surface area contributed by atoms with Gasteiger partial charge >= 0.3 is 5.97 Å². The minimum atomic E-state index is -3.52. The molecular weight excluding hydrogens is 678 g/mol. The first-order valence-corrected chi connectivity index (χ1v) is 18.9.